The van der Waals surface area contributed by atoms with Gasteiger partial charge in [-0.05, 0) is 38.3 Å². The molecule has 0 unspecified atom stereocenters. The smallest absolute Gasteiger partial charge is 0.413 e. The van der Waals surface area contributed by atoms with Gasteiger partial charge in [-0.25, -0.2) is 19.4 Å². The second kappa shape index (κ2) is 13.2. The first kappa shape index (κ1) is 29.6. The van der Waals surface area contributed by atoms with Gasteiger partial charge in [0.15, 0.2) is 11.2 Å². The fourth-order valence-electron chi connectivity index (χ4n) is 3.25. The van der Waals surface area contributed by atoms with Gasteiger partial charge in [0.1, 0.15) is 15.6 Å². The molecule has 0 fully saturated rings. The first-order valence-corrected chi connectivity index (χ1v) is 13.1. The van der Waals surface area contributed by atoms with Crippen LogP contribution in [0.5, 0.6) is 0 Å². The zero-order valence-electron chi connectivity index (χ0n) is 21.7. The number of oxime groups is 1. The number of anilines is 1. The van der Waals surface area contributed by atoms with Gasteiger partial charge in [-0.1, -0.05) is 95.7 Å². The molecule has 3 rings (SSSR count). The Morgan fingerprint density at radius 1 is 1.05 bits per heavy atom. The molecular weight excluding hydrogens is 546 g/mol. The molecule has 0 spiro atoms. The lowest BCUT2D eigenvalue weighted by Gasteiger charge is -2.21. The van der Waals surface area contributed by atoms with Crippen molar-refractivity contribution in [2.75, 3.05) is 5.32 Å². The molecule has 0 aliphatic heterocycles. The molecule has 0 saturated carbocycles. The molecule has 1 heterocycles. The van der Waals surface area contributed by atoms with E-state index in [0.29, 0.717) is 0 Å². The van der Waals surface area contributed by atoms with E-state index in [-0.39, 0.29) is 21.6 Å². The van der Waals surface area contributed by atoms with Gasteiger partial charge in [-0.3, -0.25) is 5.32 Å². The number of nitrogens with zero attached hydrogens (tertiary/aromatic N) is 2. The van der Waals surface area contributed by atoms with E-state index in [4.69, 9.17) is 25.9 Å². The van der Waals surface area contributed by atoms with Crippen LogP contribution in [0.2, 0.25) is 4.34 Å². The maximum atomic E-state index is 13.1. The molecule has 12 heteroatoms. The Bertz CT molecular complexity index is 1280. The number of benzene rings is 2. The molecular formula is C27H28ClN3O7S. The summed E-state index contributed by atoms with van der Waals surface area (Å²) in [5, 5.41) is 15.8. The number of amides is 1. The molecule has 2 aromatic carbocycles. The molecule has 1 aromatic heterocycles. The number of ether oxygens (including phenoxy) is 2. The molecule has 206 valence electrons. The molecule has 2 N–H and O–H groups in total. The maximum Gasteiger partial charge on any atom is 0.413 e. The number of halogens is 1. The number of hydrogen-bond acceptors (Lipinski definition) is 9. The van der Waals surface area contributed by atoms with Crippen molar-refractivity contribution < 1.29 is 33.8 Å². The molecule has 39 heavy (non-hydrogen) atoms. The first-order valence-electron chi connectivity index (χ1n) is 11.9. The van der Waals surface area contributed by atoms with Crippen LogP contribution in [-0.4, -0.2) is 45.5 Å². The van der Waals surface area contributed by atoms with Crippen molar-refractivity contribution in [3.8, 4) is 0 Å². The number of aliphatic carboxylic acids is 1. The van der Waals surface area contributed by atoms with E-state index in [0.717, 1.165) is 22.5 Å². The summed E-state index contributed by atoms with van der Waals surface area (Å²) < 4.78 is 10.9. The van der Waals surface area contributed by atoms with Crippen molar-refractivity contribution in [3.05, 3.63) is 81.8 Å². The molecule has 3 aromatic rings. The predicted molar refractivity (Wildman–Crippen MR) is 147 cm³/mol. The number of esters is 1. The highest BCUT2D eigenvalue weighted by Crippen LogP contribution is 2.30. The van der Waals surface area contributed by atoms with Crippen LogP contribution in [-0.2, 0) is 23.9 Å². The molecule has 0 aliphatic carbocycles. The lowest BCUT2D eigenvalue weighted by molar-refractivity contribution is -0.161. The van der Waals surface area contributed by atoms with Gasteiger partial charge in [-0.2, -0.15) is 0 Å². The molecule has 1 atom stereocenters. The van der Waals surface area contributed by atoms with E-state index in [1.165, 1.54) is 0 Å². The number of carbonyl (C=O) groups is 3. The monoisotopic (exact) mass is 573 g/mol. The fraction of sp³-hybridized carbons (Fsp3) is 0.296. The van der Waals surface area contributed by atoms with Gasteiger partial charge >= 0.3 is 18.0 Å². The first-order chi connectivity index (χ1) is 18.5. The van der Waals surface area contributed by atoms with Crippen LogP contribution in [0.4, 0.5) is 9.93 Å². The van der Waals surface area contributed by atoms with Crippen LogP contribution < -0.4 is 5.32 Å². The van der Waals surface area contributed by atoms with E-state index < -0.39 is 41.6 Å². The van der Waals surface area contributed by atoms with Crippen LogP contribution in [0.15, 0.2) is 65.8 Å². The van der Waals surface area contributed by atoms with Crippen LogP contribution >= 0.6 is 22.9 Å². The second-order valence-corrected chi connectivity index (χ2v) is 10.8. The van der Waals surface area contributed by atoms with Crippen molar-refractivity contribution in [2.45, 2.75) is 51.9 Å². The number of carboxylic acids is 1. The molecule has 0 aliphatic rings. The SMILES string of the molecule is CC[C@H](O/N=C(\C(=O)O)c1nc(NC(=O)OC(C)(C)C)sc1Cl)C(=O)OC(c1ccccc1)c1ccccc1. The van der Waals surface area contributed by atoms with E-state index >= 15 is 0 Å². The summed E-state index contributed by atoms with van der Waals surface area (Å²) in [5.74, 6) is -2.24. The average molecular weight is 574 g/mol. The Morgan fingerprint density at radius 3 is 2.10 bits per heavy atom. The van der Waals surface area contributed by atoms with E-state index in [1.54, 1.807) is 27.7 Å². The number of thiazole rings is 1. The summed E-state index contributed by atoms with van der Waals surface area (Å²) in [5.41, 5.74) is -0.140. The topological polar surface area (TPSA) is 136 Å². The standard InChI is InChI=1S/C27H28ClN3O7S/c1-5-18(24(34)36-21(16-12-8-6-9-13-16)17-14-10-7-11-15-17)38-31-20(23(32)33)19-22(28)39-25(29-19)30-26(35)37-27(2,3)4/h6-15,18,21H,5H2,1-4H3,(H,32,33)(H,29,30,35)/b31-20-/t18-/m0/s1. The molecule has 0 radical (unpaired) electrons. The van der Waals surface area contributed by atoms with Gasteiger partial charge in [0.05, 0.1) is 0 Å². The summed E-state index contributed by atoms with van der Waals surface area (Å²) in [6.45, 7) is 6.74. The van der Waals surface area contributed by atoms with Crippen LogP contribution in [0.1, 0.15) is 57.0 Å². The minimum Gasteiger partial charge on any atom is -0.476 e. The van der Waals surface area contributed by atoms with E-state index in [1.807, 2.05) is 60.7 Å². The highest BCUT2D eigenvalue weighted by atomic mass is 35.5. The number of hydrogen-bond donors (Lipinski definition) is 2. The predicted octanol–water partition coefficient (Wildman–Crippen LogP) is 6.06. The van der Waals surface area contributed by atoms with E-state index in [9.17, 15) is 19.5 Å². The van der Waals surface area contributed by atoms with Crippen molar-refractivity contribution in [3.63, 3.8) is 0 Å². The van der Waals surface area contributed by atoms with Crippen molar-refractivity contribution >= 4 is 51.8 Å². The Balaban J connectivity index is 1.79. The van der Waals surface area contributed by atoms with Crippen LogP contribution in [0.3, 0.4) is 0 Å². The number of carbonyl (C=O) groups excluding carboxylic acids is 2. The summed E-state index contributed by atoms with van der Waals surface area (Å²) >= 11 is 7.00. The second-order valence-electron chi connectivity index (χ2n) is 9.15. The highest BCUT2D eigenvalue weighted by molar-refractivity contribution is 7.20. The Kier molecular flexibility index (Phi) is 10.0. The molecule has 0 bridgehead atoms. The van der Waals surface area contributed by atoms with Gasteiger partial charge in [0, 0.05) is 0 Å². The van der Waals surface area contributed by atoms with Crippen molar-refractivity contribution in [2.24, 2.45) is 5.16 Å². The van der Waals surface area contributed by atoms with Crippen molar-refractivity contribution in [1.82, 2.24) is 4.98 Å². The van der Waals surface area contributed by atoms with Crippen LogP contribution in [0.25, 0.3) is 0 Å². The number of aromatic nitrogens is 1. The third-order valence-corrected chi connectivity index (χ3v) is 6.13. The number of carboxylic acid groups (broad SMARTS) is 1. The van der Waals surface area contributed by atoms with Crippen molar-refractivity contribution in [1.29, 1.82) is 0 Å². The lowest BCUT2D eigenvalue weighted by Crippen LogP contribution is -2.28. The van der Waals surface area contributed by atoms with Gasteiger partial charge < -0.3 is 19.4 Å². The third-order valence-electron chi connectivity index (χ3n) is 4.96. The minimum absolute atomic E-state index is 0.00165. The average Bonchev–Trinajstić information content (AvgIpc) is 3.23. The Hall–Kier alpha value is -3.96. The maximum absolute atomic E-state index is 13.1. The highest BCUT2D eigenvalue weighted by Gasteiger charge is 2.29. The zero-order chi connectivity index (χ0) is 28.6. The summed E-state index contributed by atoms with van der Waals surface area (Å²) in [6, 6.07) is 18.4. The quantitative estimate of drug-likeness (QED) is 0.170. The Labute approximate surface area is 234 Å². The van der Waals surface area contributed by atoms with Crippen LogP contribution in [0, 0.1) is 0 Å². The summed E-state index contributed by atoms with van der Waals surface area (Å²) in [6.07, 6.45) is -2.58. The number of rotatable bonds is 10. The minimum atomic E-state index is -1.50. The largest absolute Gasteiger partial charge is 0.476 e. The van der Waals surface area contributed by atoms with Gasteiger partial charge in [-0.15, -0.1) is 0 Å². The Morgan fingerprint density at radius 2 is 1.62 bits per heavy atom. The third kappa shape index (κ3) is 8.52. The van der Waals surface area contributed by atoms with E-state index in [2.05, 4.69) is 15.5 Å². The lowest BCUT2D eigenvalue weighted by atomic mass is 10.0. The molecule has 1 amide bonds. The normalized spacial score (nSPS) is 12.5. The zero-order valence-corrected chi connectivity index (χ0v) is 23.3. The summed E-state index contributed by atoms with van der Waals surface area (Å²) in [4.78, 5) is 46.5. The van der Waals surface area contributed by atoms with Gasteiger partial charge in [0.2, 0.25) is 11.8 Å². The summed E-state index contributed by atoms with van der Waals surface area (Å²) in [7, 11) is 0. The number of nitrogens with one attached hydrogen (secondary N) is 1. The molecule has 10 nitrogen and oxygen atoms in total. The fourth-order valence-corrected chi connectivity index (χ4v) is 4.28. The molecule has 0 saturated heterocycles. The van der Waals surface area contributed by atoms with Gasteiger partial charge in [0.25, 0.3) is 0 Å².